The lowest BCUT2D eigenvalue weighted by Crippen LogP contribution is -2.19. The van der Waals surface area contributed by atoms with Gasteiger partial charge < -0.3 is 9.47 Å². The Morgan fingerprint density at radius 1 is 1.38 bits per heavy atom. The smallest absolute Gasteiger partial charge is 0.331 e. The first kappa shape index (κ1) is 19.7. The number of methoxy groups -OCH3 is 1. The number of thioether (sulfide) groups is 1. The molecule has 26 heavy (non-hydrogen) atoms. The van der Waals surface area contributed by atoms with Gasteiger partial charge in [0.05, 0.1) is 24.8 Å². The summed E-state index contributed by atoms with van der Waals surface area (Å²) in [6.45, 7) is 4.73. The van der Waals surface area contributed by atoms with Crippen LogP contribution in [0.4, 0.5) is 0 Å². The molecule has 7 nitrogen and oxygen atoms in total. The molecule has 1 aromatic rings. The summed E-state index contributed by atoms with van der Waals surface area (Å²) in [6.07, 6.45) is 4.73. The molecular weight excluding hydrogens is 354 g/mol. The molecule has 0 spiro atoms. The summed E-state index contributed by atoms with van der Waals surface area (Å²) in [5, 5.41) is 10.8. The van der Waals surface area contributed by atoms with E-state index in [4.69, 9.17) is 4.74 Å². The molecule has 138 valence electrons. The maximum absolute atomic E-state index is 11.8. The minimum atomic E-state index is -0.596. The van der Waals surface area contributed by atoms with Gasteiger partial charge in [0.2, 0.25) is 0 Å². The zero-order chi connectivity index (χ0) is 18.9. The number of rotatable bonds is 7. The zero-order valence-corrected chi connectivity index (χ0v) is 15.8. The second-order valence-corrected chi connectivity index (χ2v) is 6.51. The Morgan fingerprint density at radius 2 is 2.19 bits per heavy atom. The molecule has 1 fully saturated rings. The van der Waals surface area contributed by atoms with Gasteiger partial charge in [0.25, 0.3) is 5.91 Å². The van der Waals surface area contributed by atoms with Crippen LogP contribution in [0.15, 0.2) is 39.4 Å². The van der Waals surface area contributed by atoms with Crippen LogP contribution in [0.25, 0.3) is 0 Å². The lowest BCUT2D eigenvalue weighted by Gasteiger charge is -2.08. The molecule has 0 unspecified atom stereocenters. The average molecular weight is 375 g/mol. The number of hydrogen-bond acceptors (Lipinski definition) is 7. The SMILES string of the molecule is CCCCOc1ccc(C)cc1C=N/N=C1/NC(=O)/C(=C\C(=O)OC)S1. The molecule has 0 atom stereocenters. The van der Waals surface area contributed by atoms with E-state index < -0.39 is 11.9 Å². The lowest BCUT2D eigenvalue weighted by atomic mass is 10.1. The second-order valence-electron chi connectivity index (χ2n) is 5.48. The molecule has 0 bridgehead atoms. The summed E-state index contributed by atoms with van der Waals surface area (Å²) in [7, 11) is 1.25. The molecule has 1 aromatic carbocycles. The third-order valence-corrected chi connectivity index (χ3v) is 4.27. The summed E-state index contributed by atoms with van der Waals surface area (Å²) in [6, 6.07) is 5.83. The Hall–Kier alpha value is -2.61. The molecule has 1 N–H and O–H groups in total. The summed E-state index contributed by atoms with van der Waals surface area (Å²) >= 11 is 1.03. The van der Waals surface area contributed by atoms with Crippen LogP contribution in [0.2, 0.25) is 0 Å². The number of aryl methyl sites for hydroxylation is 1. The van der Waals surface area contributed by atoms with Crippen LogP contribution in [0.1, 0.15) is 30.9 Å². The Kier molecular flexibility index (Phi) is 7.40. The van der Waals surface area contributed by atoms with Crippen LogP contribution in [0.3, 0.4) is 0 Å². The first-order valence-electron chi connectivity index (χ1n) is 8.16. The largest absolute Gasteiger partial charge is 0.493 e. The Morgan fingerprint density at radius 3 is 2.92 bits per heavy atom. The molecule has 1 aliphatic heterocycles. The van der Waals surface area contributed by atoms with E-state index in [0.29, 0.717) is 11.8 Å². The Balaban J connectivity index is 2.09. The number of carbonyl (C=O) groups excluding carboxylic acids is 2. The summed E-state index contributed by atoms with van der Waals surface area (Å²) < 4.78 is 10.3. The number of amidine groups is 1. The van der Waals surface area contributed by atoms with Gasteiger partial charge in [-0.3, -0.25) is 10.1 Å². The topological polar surface area (TPSA) is 89.4 Å². The molecule has 2 rings (SSSR count). The van der Waals surface area contributed by atoms with E-state index in [1.54, 1.807) is 6.21 Å². The third kappa shape index (κ3) is 5.73. The molecule has 0 aliphatic carbocycles. The van der Waals surface area contributed by atoms with Crippen LogP contribution in [-0.4, -0.2) is 37.0 Å². The average Bonchev–Trinajstić information content (AvgIpc) is 2.96. The highest BCUT2D eigenvalue weighted by molar-refractivity contribution is 8.18. The number of benzene rings is 1. The fourth-order valence-corrected chi connectivity index (χ4v) is 2.75. The van der Waals surface area contributed by atoms with E-state index in [1.807, 2.05) is 25.1 Å². The fourth-order valence-electron chi connectivity index (χ4n) is 2.01. The van der Waals surface area contributed by atoms with Crippen LogP contribution in [0.5, 0.6) is 5.75 Å². The van der Waals surface area contributed by atoms with E-state index in [1.165, 1.54) is 7.11 Å². The van der Waals surface area contributed by atoms with Crippen molar-refractivity contribution < 1.29 is 19.1 Å². The predicted octanol–water partition coefficient (Wildman–Crippen LogP) is 2.78. The van der Waals surface area contributed by atoms with Gasteiger partial charge in [0.15, 0.2) is 5.17 Å². The van der Waals surface area contributed by atoms with Gasteiger partial charge in [-0.05, 0) is 37.2 Å². The van der Waals surface area contributed by atoms with Gasteiger partial charge in [-0.1, -0.05) is 25.0 Å². The number of carbonyl (C=O) groups is 2. The van der Waals surface area contributed by atoms with Crippen molar-refractivity contribution >= 4 is 35.0 Å². The third-order valence-electron chi connectivity index (χ3n) is 3.37. The number of amides is 1. The van der Waals surface area contributed by atoms with Crippen molar-refractivity contribution in [3.8, 4) is 5.75 Å². The van der Waals surface area contributed by atoms with Crippen LogP contribution < -0.4 is 10.1 Å². The van der Waals surface area contributed by atoms with E-state index in [-0.39, 0.29) is 4.91 Å². The van der Waals surface area contributed by atoms with Gasteiger partial charge in [-0.15, -0.1) is 5.10 Å². The van der Waals surface area contributed by atoms with Gasteiger partial charge in [-0.25, -0.2) is 4.79 Å². The summed E-state index contributed by atoms with van der Waals surface area (Å²) in [5.74, 6) is -0.267. The Bertz CT molecular complexity index is 772. The first-order chi connectivity index (χ1) is 12.5. The highest BCUT2D eigenvalue weighted by atomic mass is 32.2. The van der Waals surface area contributed by atoms with Crippen molar-refractivity contribution in [2.24, 2.45) is 10.2 Å². The van der Waals surface area contributed by atoms with Crippen molar-refractivity contribution in [2.75, 3.05) is 13.7 Å². The fraction of sp³-hybridized carbons (Fsp3) is 0.333. The number of ether oxygens (including phenoxy) is 2. The number of nitrogens with zero attached hydrogens (tertiary/aromatic N) is 2. The summed E-state index contributed by atoms with van der Waals surface area (Å²) in [5.41, 5.74) is 1.89. The molecule has 0 radical (unpaired) electrons. The number of nitrogens with one attached hydrogen (secondary N) is 1. The van der Waals surface area contributed by atoms with Crippen molar-refractivity contribution in [3.63, 3.8) is 0 Å². The Labute approximate surface area is 156 Å². The van der Waals surface area contributed by atoms with Crippen molar-refractivity contribution in [1.29, 1.82) is 0 Å². The second kappa shape index (κ2) is 9.76. The molecule has 0 saturated carbocycles. The molecule has 8 heteroatoms. The first-order valence-corrected chi connectivity index (χ1v) is 8.98. The molecule has 0 aromatic heterocycles. The normalized spacial score (nSPS) is 17.1. The van der Waals surface area contributed by atoms with Gasteiger partial charge >= 0.3 is 5.97 Å². The van der Waals surface area contributed by atoms with Gasteiger partial charge in [0.1, 0.15) is 5.75 Å². The maximum atomic E-state index is 11.8. The van der Waals surface area contributed by atoms with Gasteiger partial charge in [0, 0.05) is 11.6 Å². The van der Waals surface area contributed by atoms with Crippen molar-refractivity contribution in [3.05, 3.63) is 40.3 Å². The van der Waals surface area contributed by atoms with E-state index >= 15 is 0 Å². The standard InChI is InChI=1S/C18H21N3O4S/c1-4-5-8-25-14-7-6-12(2)9-13(14)11-19-21-18-20-17(23)15(26-18)10-16(22)24-3/h6-7,9-11H,4-5,8H2,1-3H3,(H,20,21,23)/b15-10+,19-11?. The van der Waals surface area contributed by atoms with Crippen LogP contribution >= 0.6 is 11.8 Å². The van der Waals surface area contributed by atoms with Crippen LogP contribution in [-0.2, 0) is 14.3 Å². The molecule has 1 heterocycles. The van der Waals surface area contributed by atoms with E-state index in [9.17, 15) is 9.59 Å². The molecule has 1 saturated heterocycles. The summed E-state index contributed by atoms with van der Waals surface area (Å²) in [4.78, 5) is 23.2. The van der Waals surface area contributed by atoms with Crippen molar-refractivity contribution in [2.45, 2.75) is 26.7 Å². The highest BCUT2D eigenvalue weighted by Crippen LogP contribution is 2.23. The molecule has 1 aliphatic rings. The monoisotopic (exact) mass is 375 g/mol. The maximum Gasteiger partial charge on any atom is 0.331 e. The number of esters is 1. The van der Waals surface area contributed by atoms with E-state index in [2.05, 4.69) is 27.2 Å². The van der Waals surface area contributed by atoms with E-state index in [0.717, 1.165) is 47.6 Å². The predicted molar refractivity (Wildman–Crippen MR) is 102 cm³/mol. The number of hydrogen-bond donors (Lipinski definition) is 1. The van der Waals surface area contributed by atoms with Gasteiger partial charge in [-0.2, -0.15) is 5.10 Å². The highest BCUT2D eigenvalue weighted by Gasteiger charge is 2.25. The minimum absolute atomic E-state index is 0.213. The lowest BCUT2D eigenvalue weighted by molar-refractivity contribution is -0.135. The number of unbranched alkanes of at least 4 members (excludes halogenated alkanes) is 1. The molecular formula is C18H21N3O4S. The minimum Gasteiger partial charge on any atom is -0.493 e. The zero-order valence-electron chi connectivity index (χ0n) is 14.9. The van der Waals surface area contributed by atoms with Crippen LogP contribution in [0, 0.1) is 6.92 Å². The van der Waals surface area contributed by atoms with Crippen molar-refractivity contribution in [1.82, 2.24) is 5.32 Å². The quantitative estimate of drug-likeness (QED) is 0.260. The molecule has 1 amide bonds.